The Morgan fingerprint density at radius 3 is 2.52 bits per heavy atom. The Balaban J connectivity index is 0.000000615. The molecule has 0 aliphatic carbocycles. The topological polar surface area (TPSA) is 130 Å². The Labute approximate surface area is 146 Å². The van der Waals surface area contributed by atoms with Crippen molar-refractivity contribution in [3.8, 4) is 0 Å². The molecule has 0 aromatic heterocycles. The Bertz CT molecular complexity index is 614. The second-order valence-corrected chi connectivity index (χ2v) is 4.59. The fourth-order valence-electron chi connectivity index (χ4n) is 2.35. The molecule has 8 nitrogen and oxygen atoms in total. The molecule has 1 saturated heterocycles. The third-order valence-electron chi connectivity index (χ3n) is 3.26. The number of nitrogens with one attached hydrogen (secondary N) is 1. The number of carbonyl (C=O) groups excluding carboxylic acids is 4. The number of aliphatic hydroxyl groups excluding tert-OH is 1. The summed E-state index contributed by atoms with van der Waals surface area (Å²) in [7, 11) is 0. The van der Waals surface area contributed by atoms with Gasteiger partial charge in [-0.2, -0.15) is 0 Å². The maximum absolute atomic E-state index is 12.2. The Morgan fingerprint density at radius 2 is 1.96 bits per heavy atom. The molecule has 1 aromatic carbocycles. The molecule has 1 aromatic rings. The smallest absolute Gasteiger partial charge is 0.249 e. The van der Waals surface area contributed by atoms with E-state index in [-0.39, 0.29) is 57.7 Å². The molecule has 2 aliphatic rings. The Hall–Kier alpha value is -1.89. The second kappa shape index (κ2) is 8.10. The van der Waals surface area contributed by atoms with E-state index >= 15 is 0 Å². The first-order valence-electron chi connectivity index (χ1n) is 6.54. The van der Waals surface area contributed by atoms with Crippen molar-refractivity contribution in [3.05, 3.63) is 35.4 Å². The van der Waals surface area contributed by atoms with Crippen molar-refractivity contribution in [3.63, 3.8) is 0 Å². The van der Waals surface area contributed by atoms with Gasteiger partial charge in [-0.05, 0) is 12.0 Å². The summed E-state index contributed by atoms with van der Waals surface area (Å²) in [5.41, 5.74) is 4.83. The van der Waals surface area contributed by atoms with Crippen LogP contribution in [0.15, 0.2) is 18.2 Å². The predicted molar refractivity (Wildman–Crippen MR) is 73.2 cm³/mol. The van der Waals surface area contributed by atoms with Crippen molar-refractivity contribution in [1.82, 2.24) is 10.2 Å². The van der Waals surface area contributed by atoms with Crippen molar-refractivity contribution < 1.29 is 45.3 Å². The van der Waals surface area contributed by atoms with E-state index in [2.05, 4.69) is 17.1 Å². The van der Waals surface area contributed by atoms with Crippen LogP contribution in [0.3, 0.4) is 0 Å². The van der Waals surface area contributed by atoms with Gasteiger partial charge in [0.2, 0.25) is 17.7 Å². The molecule has 1 fully saturated rings. The molecular weight excluding hydrogens is 474 g/mol. The van der Waals surface area contributed by atoms with Crippen LogP contribution in [-0.2, 0) is 30.7 Å². The molecule has 0 spiro atoms. The molecule has 4 N–H and O–H groups in total. The molecule has 1 unspecified atom stereocenters. The van der Waals surface area contributed by atoms with Crippen LogP contribution in [-0.4, -0.2) is 46.4 Å². The average Bonchev–Trinajstić information content (AvgIpc) is 2.73. The molecule has 4 amide bonds. The number of hydrogen-bond donors (Lipinski definition) is 3. The quantitative estimate of drug-likeness (QED) is 0.258. The van der Waals surface area contributed by atoms with Crippen molar-refractivity contribution in [1.29, 1.82) is 0 Å². The maximum atomic E-state index is 12.2. The molecule has 9 heteroatoms. The van der Waals surface area contributed by atoms with Gasteiger partial charge < -0.3 is 20.5 Å². The zero-order valence-electron chi connectivity index (χ0n) is 11.9. The minimum absolute atomic E-state index is 0. The van der Waals surface area contributed by atoms with E-state index in [1.165, 1.54) is 12.1 Å². The van der Waals surface area contributed by atoms with Crippen molar-refractivity contribution in [2.45, 2.75) is 18.9 Å². The third-order valence-corrected chi connectivity index (χ3v) is 3.26. The van der Waals surface area contributed by atoms with Gasteiger partial charge in [0, 0.05) is 27.5 Å². The normalized spacial score (nSPS) is 19.4. The molecule has 0 bridgehead atoms. The van der Waals surface area contributed by atoms with Gasteiger partial charge in [0.05, 0.1) is 6.73 Å². The van der Waals surface area contributed by atoms with E-state index < -0.39 is 23.8 Å². The summed E-state index contributed by atoms with van der Waals surface area (Å²) in [5.74, 6) is -2.03. The molecule has 3 rings (SSSR count). The van der Waals surface area contributed by atoms with Gasteiger partial charge >= 0.3 is 0 Å². The van der Waals surface area contributed by atoms with Gasteiger partial charge in [0.25, 0.3) is 0 Å². The summed E-state index contributed by atoms with van der Waals surface area (Å²) >= 11 is 0. The van der Waals surface area contributed by atoms with Crippen LogP contribution in [0.1, 0.15) is 33.6 Å². The Morgan fingerprint density at radius 1 is 1.30 bits per heavy atom. The van der Waals surface area contributed by atoms with Gasteiger partial charge in [-0.1, -0.05) is 5.56 Å². The average molecular weight is 488 g/mol. The van der Waals surface area contributed by atoms with E-state index in [1.54, 1.807) is 6.07 Å². The number of aliphatic hydroxyl groups is 1. The number of nitrogens with zero attached hydrogens (tertiary/aromatic N) is 1. The minimum atomic E-state index is -0.918. The molecule has 1 atom stereocenters. The van der Waals surface area contributed by atoms with Crippen LogP contribution < -0.4 is 11.1 Å². The zero-order chi connectivity index (χ0) is 16.3. The van der Waals surface area contributed by atoms with Crippen molar-refractivity contribution in [2.75, 3.05) is 6.73 Å². The van der Waals surface area contributed by atoms with Crippen LogP contribution in [0, 0.1) is 6.07 Å². The number of rotatable bonds is 1. The molecule has 0 radical (unpaired) electrons. The van der Waals surface area contributed by atoms with E-state index in [0.29, 0.717) is 0 Å². The van der Waals surface area contributed by atoms with Gasteiger partial charge in [-0.3, -0.25) is 19.7 Å². The minimum Gasteiger partial charge on any atom is -0.382 e. The summed E-state index contributed by atoms with van der Waals surface area (Å²) < 4.78 is 0. The maximum Gasteiger partial charge on any atom is 0.249 e. The third kappa shape index (κ3) is 3.72. The standard InChI is InChI=1S/C13H9N2O4.CH5NO.W/c16-10-6-5-9(11(17)14-10)15-12(18)7-3-1-2-4-8(7)13(15)19;2-1-3;/h1-3,9H,5-6H2,(H,14,16,17);3H,1-2H2;/q-1;;. The summed E-state index contributed by atoms with van der Waals surface area (Å²) in [4.78, 5) is 48.1. The summed E-state index contributed by atoms with van der Waals surface area (Å²) in [6.07, 6.45) is 0.281. The first-order valence-corrected chi connectivity index (χ1v) is 6.54. The summed E-state index contributed by atoms with van der Waals surface area (Å²) in [6.45, 7) is -0.250. The van der Waals surface area contributed by atoms with E-state index in [4.69, 9.17) is 5.11 Å². The van der Waals surface area contributed by atoms with Crippen LogP contribution in [0.5, 0.6) is 0 Å². The molecule has 23 heavy (non-hydrogen) atoms. The number of amides is 4. The number of fused-ring (bicyclic) bond motifs is 1. The number of benzene rings is 1. The number of piperidine rings is 1. The fourth-order valence-corrected chi connectivity index (χ4v) is 2.35. The van der Waals surface area contributed by atoms with Crippen LogP contribution in [0.4, 0.5) is 0 Å². The van der Waals surface area contributed by atoms with Crippen LogP contribution in [0.25, 0.3) is 0 Å². The van der Waals surface area contributed by atoms with E-state index in [0.717, 1.165) is 4.90 Å². The first-order chi connectivity index (χ1) is 10.5. The monoisotopic (exact) mass is 488 g/mol. The molecule has 122 valence electrons. The Kier molecular flexibility index (Phi) is 6.75. The SMILES string of the molecule is NCO.O=C1CCC(N2C(=O)c3[c-]cccc3C2=O)C(=O)N1.[W]. The fraction of sp³-hybridized carbons (Fsp3) is 0.286. The summed E-state index contributed by atoms with van der Waals surface area (Å²) in [6, 6.07) is 6.47. The van der Waals surface area contributed by atoms with E-state index in [9.17, 15) is 19.2 Å². The molecule has 2 heterocycles. The van der Waals surface area contributed by atoms with Gasteiger partial charge in [0.15, 0.2) is 5.91 Å². The molecule has 2 aliphatic heterocycles. The van der Waals surface area contributed by atoms with Crippen molar-refractivity contribution in [2.24, 2.45) is 5.73 Å². The van der Waals surface area contributed by atoms with Crippen LogP contribution >= 0.6 is 0 Å². The number of imide groups is 2. The van der Waals surface area contributed by atoms with Gasteiger partial charge in [0.1, 0.15) is 6.04 Å². The summed E-state index contributed by atoms with van der Waals surface area (Å²) in [5, 5.41) is 9.49. The van der Waals surface area contributed by atoms with Gasteiger partial charge in [-0.25, -0.2) is 0 Å². The predicted octanol–water partition coefficient (Wildman–Crippen LogP) is -1.22. The van der Waals surface area contributed by atoms with E-state index in [1.807, 2.05) is 0 Å². The molecular formula is C14H14N3O5W-. The van der Waals surface area contributed by atoms with Crippen LogP contribution in [0.2, 0.25) is 0 Å². The number of hydrogen-bond acceptors (Lipinski definition) is 6. The number of carbonyl (C=O) groups is 4. The zero-order valence-corrected chi connectivity index (χ0v) is 14.9. The van der Waals surface area contributed by atoms with Crippen molar-refractivity contribution >= 4 is 23.6 Å². The first kappa shape index (κ1) is 19.2. The second-order valence-electron chi connectivity index (χ2n) is 4.59. The largest absolute Gasteiger partial charge is 0.382 e. The molecule has 0 saturated carbocycles. The number of nitrogens with two attached hydrogens (primary N) is 1. The van der Waals surface area contributed by atoms with Gasteiger partial charge in [-0.15, -0.1) is 24.3 Å².